The molecule has 2 aromatic heterocycles. The number of carboxylic acid groups (broad SMARTS) is 1. The first-order valence-electron chi connectivity index (χ1n) is 22.5. The highest BCUT2D eigenvalue weighted by atomic mass is 32.1. The summed E-state index contributed by atoms with van der Waals surface area (Å²) < 4.78 is 5.21. The van der Waals surface area contributed by atoms with Gasteiger partial charge in [0.2, 0.25) is 17.7 Å². The number of rotatable bonds is 17. The molecule has 0 aliphatic carbocycles. The number of allylic oxidation sites excluding steroid dienone is 1. The highest BCUT2D eigenvalue weighted by Crippen LogP contribution is 2.26. The fourth-order valence-corrected chi connectivity index (χ4v) is 8.12. The minimum Gasteiger partial charge on any atom is -0.497 e. The lowest BCUT2D eigenvalue weighted by Gasteiger charge is -2.37. The molecule has 1 aromatic carbocycles. The number of piperidine rings is 1. The van der Waals surface area contributed by atoms with Gasteiger partial charge in [-0.25, -0.2) is 9.78 Å². The number of nitrogens with zero attached hydrogens (tertiary/aromatic N) is 3. The van der Waals surface area contributed by atoms with E-state index in [1.165, 1.54) is 30.6 Å². The molecule has 3 unspecified atom stereocenters. The third kappa shape index (κ3) is 16.9. The first kappa shape index (κ1) is 52.9. The van der Waals surface area contributed by atoms with Crippen molar-refractivity contribution in [3.63, 3.8) is 0 Å². The van der Waals surface area contributed by atoms with E-state index < -0.39 is 12.1 Å². The average molecular weight is 909 g/mol. The lowest BCUT2D eigenvalue weighted by Crippen LogP contribution is -2.56. The van der Waals surface area contributed by atoms with Crippen LogP contribution in [0.4, 0.5) is 9.93 Å². The Bertz CT molecular complexity index is 2060. The number of thiazole rings is 1. The Hall–Kier alpha value is -5.45. The molecule has 0 saturated carbocycles. The number of benzene rings is 1. The number of fused-ring (bicyclic) bond motifs is 1. The molecule has 2 aliphatic rings. The third-order valence-electron chi connectivity index (χ3n) is 11.3. The molecule has 17 heteroatoms. The molecule has 16 nitrogen and oxygen atoms in total. The van der Waals surface area contributed by atoms with Crippen LogP contribution in [0.2, 0.25) is 0 Å². The number of pyridine rings is 1. The van der Waals surface area contributed by atoms with Gasteiger partial charge in [-0.1, -0.05) is 59.6 Å². The molecule has 6 N–H and O–H groups in total. The Morgan fingerprint density at radius 3 is 2.44 bits per heavy atom. The smallest absolute Gasteiger partial charge is 0.315 e. The van der Waals surface area contributed by atoms with Gasteiger partial charge in [-0.2, -0.15) is 0 Å². The van der Waals surface area contributed by atoms with Crippen molar-refractivity contribution >= 4 is 57.6 Å². The number of nitrogens with one attached hydrogen (secondary N) is 5. The fraction of sp³-hybridized carbons (Fsp3) is 0.596. The quantitative estimate of drug-likeness (QED) is 0.0457. The van der Waals surface area contributed by atoms with Crippen LogP contribution in [-0.2, 0) is 19.2 Å². The van der Waals surface area contributed by atoms with Crippen LogP contribution in [0.25, 0.3) is 22.3 Å². The number of unbranched alkanes of at least 4 members (excludes halogenated alkanes) is 3. The predicted octanol–water partition coefficient (Wildman–Crippen LogP) is 7.16. The van der Waals surface area contributed by atoms with E-state index in [0.29, 0.717) is 55.3 Å². The van der Waals surface area contributed by atoms with Crippen LogP contribution in [-0.4, -0.2) is 113 Å². The molecular formula is C47H72N8O8S. The fourth-order valence-electron chi connectivity index (χ4n) is 7.26. The second kappa shape index (κ2) is 26.4. The summed E-state index contributed by atoms with van der Waals surface area (Å²) in [4.78, 5) is 82.9. The van der Waals surface area contributed by atoms with Gasteiger partial charge in [-0.15, -0.1) is 11.3 Å². The normalized spacial score (nSPS) is 16.5. The molecule has 0 radical (unpaired) electrons. The molecular weight excluding hydrogens is 837 g/mol. The highest BCUT2D eigenvalue weighted by molar-refractivity contribution is 7.14. The monoisotopic (exact) mass is 909 g/mol. The van der Waals surface area contributed by atoms with Crippen molar-refractivity contribution in [1.82, 2.24) is 35.7 Å². The molecule has 64 heavy (non-hydrogen) atoms. The van der Waals surface area contributed by atoms with Gasteiger partial charge in [0.15, 0.2) is 10.6 Å². The molecule has 5 amide bonds. The standard InChI is InChI=1S/C30H53N5O4.C16H17N3O2S.CH2O2/c1-7-8-9-10-11-15-22(2)23(3)32-28(38)24-16-14-19-35(24)27(37)20-31-29(39)33-25(30(4,5)6)21-34-18-13-12-17-26(34)36;1-9(2)17-16-19-14(8-22-16)13-7-15(20)11-5-4-10(21-3)6-12(11)18-13;2-1-3/h11,15,22-25H,7-10,12-14,16-21H2,1-6H3,(H,32,38)(H2,31,33,39);4-9H,1-3H3,(H,17,19)(H,18,20);1H,(H,2,3)/b15-11-;;/t22?,23?,24-,25?;;/m0../s1. The largest absolute Gasteiger partial charge is 0.497 e. The topological polar surface area (TPSA) is 215 Å². The number of likely N-dealkylation sites (tertiary alicyclic amines) is 2. The number of methoxy groups -OCH3 is 1. The van der Waals surface area contributed by atoms with Crippen molar-refractivity contribution in [2.24, 2.45) is 11.3 Å². The summed E-state index contributed by atoms with van der Waals surface area (Å²) in [5.41, 5.74) is 1.91. The summed E-state index contributed by atoms with van der Waals surface area (Å²) in [6.45, 7) is 17.7. The molecule has 2 fully saturated rings. The molecule has 5 rings (SSSR count). The van der Waals surface area contributed by atoms with E-state index in [1.54, 1.807) is 30.2 Å². The number of aromatic nitrogens is 2. The van der Waals surface area contributed by atoms with Crippen molar-refractivity contribution in [3.05, 3.63) is 52.0 Å². The minimum absolute atomic E-state index is 0.0298. The number of ether oxygens (including phenoxy) is 1. The first-order valence-corrected chi connectivity index (χ1v) is 23.4. The van der Waals surface area contributed by atoms with Gasteiger partial charge in [-0.3, -0.25) is 24.0 Å². The van der Waals surface area contributed by atoms with Gasteiger partial charge in [0.25, 0.3) is 6.47 Å². The van der Waals surface area contributed by atoms with Crippen molar-refractivity contribution in [2.45, 2.75) is 137 Å². The third-order valence-corrected chi connectivity index (χ3v) is 12.0. The number of urea groups is 1. The maximum absolute atomic E-state index is 13.0. The van der Waals surface area contributed by atoms with Gasteiger partial charge >= 0.3 is 6.03 Å². The molecule has 354 valence electrons. The SMILES string of the molecule is CCCCC/C=C\C(C)C(C)NC(=O)[C@@H]1CCCN1C(=O)CNC(=O)NC(CN1CCCCC1=O)C(C)(C)C.COc1ccc2c(=O)cc(-c3csc(NC(C)C)n3)[nH]c2c1.O=CO. The summed E-state index contributed by atoms with van der Waals surface area (Å²) in [7, 11) is 1.60. The van der Waals surface area contributed by atoms with Crippen LogP contribution in [0.15, 0.2) is 46.6 Å². The van der Waals surface area contributed by atoms with Crippen molar-refractivity contribution in [1.29, 1.82) is 0 Å². The van der Waals surface area contributed by atoms with Gasteiger partial charge in [0.1, 0.15) is 11.8 Å². The number of anilines is 1. The predicted molar refractivity (Wildman–Crippen MR) is 255 cm³/mol. The van der Waals surface area contributed by atoms with Crippen LogP contribution < -0.4 is 31.4 Å². The number of H-pyrrole nitrogens is 1. The Balaban J connectivity index is 0.000000364. The maximum atomic E-state index is 13.0. The minimum atomic E-state index is -0.516. The molecule has 4 atom stereocenters. The van der Waals surface area contributed by atoms with E-state index >= 15 is 0 Å². The summed E-state index contributed by atoms with van der Waals surface area (Å²) in [6.07, 6.45) is 12.8. The summed E-state index contributed by atoms with van der Waals surface area (Å²) in [6, 6.07) is 6.02. The van der Waals surface area contributed by atoms with Crippen LogP contribution >= 0.6 is 11.3 Å². The number of hydrogen-bond donors (Lipinski definition) is 6. The molecule has 4 heterocycles. The first-order chi connectivity index (χ1) is 30.4. The Labute approximate surface area is 382 Å². The maximum Gasteiger partial charge on any atom is 0.315 e. The van der Waals surface area contributed by atoms with E-state index in [-0.39, 0.29) is 59.6 Å². The summed E-state index contributed by atoms with van der Waals surface area (Å²) in [5, 5.41) is 22.3. The lowest BCUT2D eigenvalue weighted by molar-refractivity contribution is -0.138. The Morgan fingerprint density at radius 1 is 1.05 bits per heavy atom. The van der Waals surface area contributed by atoms with Crippen molar-refractivity contribution in [2.75, 3.05) is 38.6 Å². The van der Waals surface area contributed by atoms with Gasteiger partial charge in [-0.05, 0) is 82.8 Å². The second-order valence-corrected chi connectivity index (χ2v) is 18.6. The van der Waals surface area contributed by atoms with E-state index in [2.05, 4.69) is 71.1 Å². The zero-order chi connectivity index (χ0) is 47.4. The molecule has 2 saturated heterocycles. The van der Waals surface area contributed by atoms with Crippen molar-refractivity contribution in [3.8, 4) is 17.1 Å². The second-order valence-electron chi connectivity index (χ2n) is 17.8. The Kier molecular flexibility index (Phi) is 21.8. The van der Waals surface area contributed by atoms with Gasteiger partial charge in [0, 0.05) is 61.0 Å². The average Bonchev–Trinajstić information content (AvgIpc) is 3.94. The van der Waals surface area contributed by atoms with E-state index in [1.807, 2.05) is 44.0 Å². The number of aromatic amines is 1. The van der Waals surface area contributed by atoms with Crippen molar-refractivity contribution < 1.29 is 33.8 Å². The highest BCUT2D eigenvalue weighted by Gasteiger charge is 2.35. The number of carbonyl (C=O) groups is 5. The molecule has 2 aliphatic heterocycles. The molecule has 0 bridgehead atoms. The van der Waals surface area contributed by atoms with Gasteiger partial charge < -0.3 is 45.9 Å². The lowest BCUT2D eigenvalue weighted by atomic mass is 9.86. The summed E-state index contributed by atoms with van der Waals surface area (Å²) >= 11 is 1.52. The molecule has 3 aromatic rings. The van der Waals surface area contributed by atoms with E-state index in [9.17, 15) is 24.0 Å². The Morgan fingerprint density at radius 2 is 1.78 bits per heavy atom. The number of hydrogen-bond acceptors (Lipinski definition) is 10. The van der Waals surface area contributed by atoms with E-state index in [0.717, 1.165) is 42.0 Å². The number of amides is 5. The van der Waals surface area contributed by atoms with Gasteiger partial charge in [0.05, 0.1) is 36.6 Å². The zero-order valence-electron chi connectivity index (χ0n) is 39.3. The van der Waals surface area contributed by atoms with E-state index in [4.69, 9.17) is 14.6 Å². The summed E-state index contributed by atoms with van der Waals surface area (Å²) in [5.74, 6) is 0.627. The van der Waals surface area contributed by atoms with Crippen LogP contribution in [0.3, 0.4) is 0 Å². The van der Waals surface area contributed by atoms with Crippen LogP contribution in [0, 0.1) is 11.3 Å². The number of carbonyl (C=O) groups excluding carboxylic acids is 4. The van der Waals surface area contributed by atoms with Crippen LogP contribution in [0.5, 0.6) is 5.75 Å². The van der Waals surface area contributed by atoms with Crippen LogP contribution in [0.1, 0.15) is 113 Å². The zero-order valence-corrected chi connectivity index (χ0v) is 40.1. The molecule has 0 spiro atoms.